The van der Waals surface area contributed by atoms with E-state index in [9.17, 15) is 43.2 Å². The first kappa shape index (κ1) is 107. The maximum atomic E-state index is 13.2. The Morgan fingerprint density at radius 1 is 0.266 bits per heavy atom. The summed E-state index contributed by atoms with van der Waals surface area (Å²) in [6, 6.07) is 0. The van der Waals surface area contributed by atoms with Gasteiger partial charge in [0.2, 0.25) is 0 Å². The molecule has 0 radical (unpaired) electrons. The van der Waals surface area contributed by atoms with Crippen LogP contribution in [-0.2, 0) is 65.4 Å². The van der Waals surface area contributed by atoms with E-state index < -0.39 is 97.5 Å². The number of unbranched alkanes of at least 4 members (excludes halogenated alkanes) is 55. The molecule has 17 nitrogen and oxygen atoms in total. The highest BCUT2D eigenvalue weighted by atomic mass is 31.2. The molecule has 0 rings (SSSR count). The van der Waals surface area contributed by atoms with Crippen molar-refractivity contribution in [3.63, 3.8) is 0 Å². The molecule has 3 N–H and O–H groups in total. The van der Waals surface area contributed by atoms with Crippen LogP contribution in [0.4, 0.5) is 0 Å². The molecule has 3 unspecified atom stereocenters. The van der Waals surface area contributed by atoms with E-state index in [1.807, 2.05) is 0 Å². The summed E-state index contributed by atoms with van der Waals surface area (Å²) in [5, 5.41) is 10.7. The normalized spacial score (nSPS) is 14.1. The minimum absolute atomic E-state index is 0.107. The first-order valence-corrected chi connectivity index (χ1v) is 49.4. The van der Waals surface area contributed by atoms with Crippen molar-refractivity contribution in [3.8, 4) is 0 Å². The molecule has 0 aromatic carbocycles. The average molecular weight is 1590 g/mol. The third-order valence-electron chi connectivity index (χ3n) is 21.5. The molecular weight excluding hydrogens is 1410 g/mol. The van der Waals surface area contributed by atoms with Crippen LogP contribution in [0.3, 0.4) is 0 Å². The molecule has 0 saturated heterocycles. The van der Waals surface area contributed by atoms with Crippen molar-refractivity contribution in [2.24, 2.45) is 17.8 Å². The van der Waals surface area contributed by atoms with E-state index in [0.29, 0.717) is 25.7 Å². The summed E-state index contributed by atoms with van der Waals surface area (Å²) in [4.78, 5) is 73.4. The number of ether oxygens (including phenoxy) is 4. The molecule has 0 aliphatic rings. The molecule has 0 aliphatic heterocycles. The highest BCUT2D eigenvalue weighted by Gasteiger charge is 2.31. The molecule has 0 saturated carbocycles. The van der Waals surface area contributed by atoms with Crippen molar-refractivity contribution in [1.82, 2.24) is 0 Å². The molecule has 109 heavy (non-hydrogen) atoms. The molecular formula is C90H176O17P2. The number of hydrogen-bond acceptors (Lipinski definition) is 15. The van der Waals surface area contributed by atoms with E-state index in [-0.39, 0.29) is 25.7 Å². The summed E-state index contributed by atoms with van der Waals surface area (Å²) in [6.45, 7) is 12.1. The lowest BCUT2D eigenvalue weighted by Gasteiger charge is -2.21. The Kier molecular flexibility index (Phi) is 78.5. The number of carbonyl (C=O) groups is 4. The second-order valence-corrected chi connectivity index (χ2v) is 36.4. The lowest BCUT2D eigenvalue weighted by atomic mass is 9.99. The summed E-state index contributed by atoms with van der Waals surface area (Å²) >= 11 is 0. The van der Waals surface area contributed by atoms with E-state index >= 15 is 0 Å². The highest BCUT2D eigenvalue weighted by molar-refractivity contribution is 7.47. The maximum Gasteiger partial charge on any atom is 0.472 e. The zero-order chi connectivity index (χ0) is 80.0. The second kappa shape index (κ2) is 79.9. The zero-order valence-corrected chi connectivity index (χ0v) is 73.8. The number of esters is 4. The molecule has 0 aromatic heterocycles. The van der Waals surface area contributed by atoms with Crippen LogP contribution < -0.4 is 0 Å². The number of aliphatic hydroxyl groups is 1. The molecule has 6 atom stereocenters. The fraction of sp³-hybridized carbons (Fsp3) is 0.956. The summed E-state index contributed by atoms with van der Waals surface area (Å²) < 4.78 is 69.0. The van der Waals surface area contributed by atoms with Gasteiger partial charge in [0, 0.05) is 25.7 Å². The van der Waals surface area contributed by atoms with E-state index in [4.69, 9.17) is 37.0 Å². The van der Waals surface area contributed by atoms with Gasteiger partial charge in [0.15, 0.2) is 12.2 Å². The van der Waals surface area contributed by atoms with Crippen LogP contribution >= 0.6 is 15.6 Å². The van der Waals surface area contributed by atoms with Crippen LogP contribution in [0.15, 0.2) is 0 Å². The van der Waals surface area contributed by atoms with Gasteiger partial charge in [-0.3, -0.25) is 37.3 Å². The Morgan fingerprint density at radius 2 is 0.468 bits per heavy atom. The standard InChI is InChI=1S/C90H176O17P2/c1-8-10-11-12-13-14-15-16-17-18-19-20-21-22-23-24-32-37-44-52-59-66-73-89(94)106-85(77-100-87(92)71-64-57-50-43-36-31-28-26-30-35-42-49-56-63-70-83(7)9-2)79-104-108(96,97)102-75-84(91)76-103-109(98,99)105-80-86(78-101-88(93)72-65-58-51-46-39-41-48-55-62-69-82(5)6)107-90(95)74-67-60-53-45-38-33-27-25-29-34-40-47-54-61-68-81(3)4/h81-86,91H,8-80H2,1-7H3,(H,96,97)(H,98,99)/t83?,84-,85-,86-/m1/s1. The molecule has 19 heteroatoms. The highest BCUT2D eigenvalue weighted by Crippen LogP contribution is 2.45. The number of aliphatic hydroxyl groups excluding tert-OH is 1. The maximum absolute atomic E-state index is 13.2. The van der Waals surface area contributed by atoms with E-state index in [0.717, 1.165) is 108 Å². The van der Waals surface area contributed by atoms with Gasteiger partial charge >= 0.3 is 39.5 Å². The van der Waals surface area contributed by atoms with Gasteiger partial charge < -0.3 is 33.8 Å². The molecule has 0 aliphatic carbocycles. The number of rotatable bonds is 88. The van der Waals surface area contributed by atoms with E-state index in [2.05, 4.69) is 48.5 Å². The van der Waals surface area contributed by atoms with Gasteiger partial charge in [-0.1, -0.05) is 427 Å². The average Bonchev–Trinajstić information content (AvgIpc) is 0.910. The van der Waals surface area contributed by atoms with Crippen LogP contribution in [-0.4, -0.2) is 96.7 Å². The quantitative estimate of drug-likeness (QED) is 0.0222. The van der Waals surface area contributed by atoms with E-state index in [1.165, 1.54) is 289 Å². The van der Waals surface area contributed by atoms with Gasteiger partial charge in [-0.25, -0.2) is 9.13 Å². The number of phosphoric acid groups is 2. The first-order chi connectivity index (χ1) is 52.8. The lowest BCUT2D eigenvalue weighted by molar-refractivity contribution is -0.161. The van der Waals surface area contributed by atoms with Gasteiger partial charge in [-0.2, -0.15) is 0 Å². The smallest absolute Gasteiger partial charge is 0.462 e. The number of carbonyl (C=O) groups excluding carboxylic acids is 4. The summed E-state index contributed by atoms with van der Waals surface area (Å²) in [5.74, 6) is 0.288. The van der Waals surface area contributed by atoms with Crippen LogP contribution in [0.5, 0.6) is 0 Å². The van der Waals surface area contributed by atoms with Gasteiger partial charge in [0.05, 0.1) is 26.4 Å². The van der Waals surface area contributed by atoms with Crippen molar-refractivity contribution in [2.45, 2.75) is 497 Å². The van der Waals surface area contributed by atoms with Crippen LogP contribution in [0.2, 0.25) is 0 Å². The Labute approximate surface area is 670 Å². The van der Waals surface area contributed by atoms with Crippen molar-refractivity contribution in [3.05, 3.63) is 0 Å². The number of phosphoric ester groups is 2. The largest absolute Gasteiger partial charge is 0.472 e. The third-order valence-corrected chi connectivity index (χ3v) is 23.4. The Morgan fingerprint density at radius 3 is 0.697 bits per heavy atom. The fourth-order valence-electron chi connectivity index (χ4n) is 14.0. The molecule has 0 heterocycles. The van der Waals surface area contributed by atoms with Crippen molar-refractivity contribution in [1.29, 1.82) is 0 Å². The summed E-state index contributed by atoms with van der Waals surface area (Å²) in [5.41, 5.74) is 0. The van der Waals surface area contributed by atoms with Crippen molar-refractivity contribution >= 4 is 39.5 Å². The summed E-state index contributed by atoms with van der Waals surface area (Å²) in [7, 11) is -9.94. The Bertz CT molecular complexity index is 2100. The van der Waals surface area contributed by atoms with Crippen LogP contribution in [0.25, 0.3) is 0 Å². The lowest BCUT2D eigenvalue weighted by Crippen LogP contribution is -2.30. The van der Waals surface area contributed by atoms with Crippen LogP contribution in [0, 0.1) is 17.8 Å². The first-order valence-electron chi connectivity index (χ1n) is 46.4. The molecule has 0 bridgehead atoms. The molecule has 648 valence electrons. The zero-order valence-electron chi connectivity index (χ0n) is 72.0. The fourth-order valence-corrected chi connectivity index (χ4v) is 15.6. The topological polar surface area (TPSA) is 237 Å². The monoisotopic (exact) mass is 1590 g/mol. The van der Waals surface area contributed by atoms with E-state index in [1.54, 1.807) is 0 Å². The van der Waals surface area contributed by atoms with Crippen LogP contribution in [0.1, 0.15) is 479 Å². The Hall–Kier alpha value is -1.94. The van der Waals surface area contributed by atoms with Gasteiger partial charge in [-0.15, -0.1) is 0 Å². The minimum Gasteiger partial charge on any atom is -0.462 e. The van der Waals surface area contributed by atoms with Gasteiger partial charge in [-0.05, 0) is 43.4 Å². The number of hydrogen-bond donors (Lipinski definition) is 3. The predicted octanol–water partition coefficient (Wildman–Crippen LogP) is 27.6. The molecule has 0 spiro atoms. The molecule has 0 aromatic rings. The Balaban J connectivity index is 5.25. The SMILES string of the molecule is CCCCCCCCCCCCCCCCCCCCCCCCC(=O)O[C@H](COC(=O)CCCCCCCCCCCCCCCCC(C)CC)COP(=O)(O)OC[C@@H](O)COP(=O)(O)OC[C@@H](COC(=O)CCCCCCCCCCCC(C)C)OC(=O)CCCCCCCCCCCCCCCCC(C)C. The predicted molar refractivity (Wildman–Crippen MR) is 451 cm³/mol. The van der Waals surface area contributed by atoms with Crippen molar-refractivity contribution in [2.75, 3.05) is 39.6 Å². The third kappa shape index (κ3) is 82.4. The minimum atomic E-state index is -4.97. The van der Waals surface area contributed by atoms with Gasteiger partial charge in [0.1, 0.15) is 19.3 Å². The van der Waals surface area contributed by atoms with Gasteiger partial charge in [0.25, 0.3) is 0 Å². The molecule has 0 amide bonds. The molecule has 0 fully saturated rings. The second-order valence-electron chi connectivity index (χ2n) is 33.5. The van der Waals surface area contributed by atoms with Crippen molar-refractivity contribution < 1.29 is 80.2 Å². The summed E-state index contributed by atoms with van der Waals surface area (Å²) in [6.07, 6.45) is 72.2.